The Kier molecular flexibility index (Phi) is 4.47. The van der Waals surface area contributed by atoms with Crippen LogP contribution in [0.2, 0.25) is 0 Å². The summed E-state index contributed by atoms with van der Waals surface area (Å²) in [5, 5.41) is 9.34. The third-order valence-corrected chi connectivity index (χ3v) is 5.11. The van der Waals surface area contributed by atoms with Crippen molar-refractivity contribution in [2.24, 2.45) is 23.7 Å². The van der Waals surface area contributed by atoms with Crippen molar-refractivity contribution < 1.29 is 9.90 Å². The van der Waals surface area contributed by atoms with Gasteiger partial charge < -0.3 is 5.11 Å². The molecule has 0 aromatic heterocycles. The van der Waals surface area contributed by atoms with Gasteiger partial charge >= 0.3 is 5.97 Å². The molecule has 17 heavy (non-hydrogen) atoms. The predicted octanol–water partition coefficient (Wildman–Crippen LogP) is 4.09. The van der Waals surface area contributed by atoms with Crippen LogP contribution < -0.4 is 0 Å². The minimum Gasteiger partial charge on any atom is -0.481 e. The number of hydrogen-bond acceptors (Lipinski definition) is 1. The first-order chi connectivity index (χ1) is 8.20. The van der Waals surface area contributed by atoms with Crippen molar-refractivity contribution in [3.8, 4) is 0 Å². The molecule has 2 atom stereocenters. The molecule has 2 nitrogen and oxygen atoms in total. The van der Waals surface area contributed by atoms with Crippen molar-refractivity contribution in [2.75, 3.05) is 0 Å². The number of aliphatic carboxylic acids is 1. The van der Waals surface area contributed by atoms with Gasteiger partial charge in [-0.3, -0.25) is 4.79 Å². The van der Waals surface area contributed by atoms with E-state index in [-0.39, 0.29) is 5.92 Å². The first-order valence-corrected chi connectivity index (χ1v) is 7.43. The highest BCUT2D eigenvalue weighted by molar-refractivity contribution is 5.70. The van der Waals surface area contributed by atoms with Gasteiger partial charge in [-0.25, -0.2) is 0 Å². The molecule has 0 aromatic rings. The van der Waals surface area contributed by atoms with Crippen LogP contribution in [0.25, 0.3) is 0 Å². The number of carbonyl (C=O) groups is 1. The van der Waals surface area contributed by atoms with Crippen LogP contribution in [0.4, 0.5) is 0 Å². The lowest BCUT2D eigenvalue weighted by Gasteiger charge is -2.36. The molecular formula is C15H26O2. The molecule has 0 spiro atoms. The largest absolute Gasteiger partial charge is 0.481 e. The quantitative estimate of drug-likeness (QED) is 0.800. The summed E-state index contributed by atoms with van der Waals surface area (Å²) >= 11 is 0. The molecule has 0 aromatic carbocycles. The van der Waals surface area contributed by atoms with Crippen LogP contribution in [-0.2, 0) is 4.79 Å². The van der Waals surface area contributed by atoms with Crippen molar-refractivity contribution in [1.82, 2.24) is 0 Å². The predicted molar refractivity (Wildman–Crippen MR) is 68.8 cm³/mol. The molecule has 0 bridgehead atoms. The zero-order valence-corrected chi connectivity index (χ0v) is 11.0. The summed E-state index contributed by atoms with van der Waals surface area (Å²) in [7, 11) is 0. The Morgan fingerprint density at radius 2 is 1.35 bits per heavy atom. The number of carboxylic acid groups (broad SMARTS) is 1. The van der Waals surface area contributed by atoms with Crippen molar-refractivity contribution in [3.63, 3.8) is 0 Å². The fourth-order valence-corrected chi connectivity index (χ4v) is 4.23. The lowest BCUT2D eigenvalue weighted by molar-refractivity contribution is -0.145. The van der Waals surface area contributed by atoms with Crippen LogP contribution in [0.3, 0.4) is 0 Å². The molecule has 2 rings (SSSR count). The molecule has 1 unspecified atom stereocenters. The maximum Gasteiger partial charge on any atom is 0.306 e. The summed E-state index contributed by atoms with van der Waals surface area (Å²) in [4.78, 5) is 11.3. The zero-order valence-electron chi connectivity index (χ0n) is 11.0. The van der Waals surface area contributed by atoms with E-state index in [4.69, 9.17) is 0 Å². The van der Waals surface area contributed by atoms with E-state index in [9.17, 15) is 9.90 Å². The summed E-state index contributed by atoms with van der Waals surface area (Å²) in [5.41, 5.74) is 0. The van der Waals surface area contributed by atoms with E-state index in [1.165, 1.54) is 57.8 Å². The average molecular weight is 238 g/mol. The molecule has 0 aliphatic heterocycles. The topological polar surface area (TPSA) is 37.3 Å². The third kappa shape index (κ3) is 3.02. The second-order valence-electron chi connectivity index (χ2n) is 6.15. The Hall–Kier alpha value is -0.530. The highest BCUT2D eigenvalue weighted by atomic mass is 16.4. The van der Waals surface area contributed by atoms with Gasteiger partial charge in [0.05, 0.1) is 5.92 Å². The van der Waals surface area contributed by atoms with E-state index in [2.05, 4.69) is 0 Å². The van der Waals surface area contributed by atoms with Crippen LogP contribution in [0.1, 0.15) is 64.7 Å². The smallest absolute Gasteiger partial charge is 0.306 e. The Morgan fingerprint density at radius 3 is 1.76 bits per heavy atom. The van der Waals surface area contributed by atoms with E-state index >= 15 is 0 Å². The molecule has 0 saturated heterocycles. The van der Waals surface area contributed by atoms with Gasteiger partial charge in [-0.05, 0) is 17.8 Å². The van der Waals surface area contributed by atoms with Gasteiger partial charge in [0.15, 0.2) is 0 Å². The normalized spacial score (nSPS) is 26.9. The molecule has 2 fully saturated rings. The molecule has 2 aliphatic rings. The van der Waals surface area contributed by atoms with Gasteiger partial charge in [-0.2, -0.15) is 0 Å². The summed E-state index contributed by atoms with van der Waals surface area (Å²) < 4.78 is 0. The summed E-state index contributed by atoms with van der Waals surface area (Å²) in [6.45, 7) is 1.94. The van der Waals surface area contributed by atoms with Crippen molar-refractivity contribution in [2.45, 2.75) is 64.7 Å². The van der Waals surface area contributed by atoms with E-state index in [0.717, 1.165) is 0 Å². The molecule has 2 aliphatic carbocycles. The fraction of sp³-hybridized carbons (Fsp3) is 0.933. The lowest BCUT2D eigenvalue weighted by Crippen LogP contribution is -2.33. The van der Waals surface area contributed by atoms with Crippen LogP contribution in [0.5, 0.6) is 0 Å². The first kappa shape index (κ1) is 12.9. The molecule has 0 heterocycles. The van der Waals surface area contributed by atoms with Gasteiger partial charge in [0, 0.05) is 0 Å². The first-order valence-electron chi connectivity index (χ1n) is 7.43. The van der Waals surface area contributed by atoms with Gasteiger partial charge in [0.2, 0.25) is 0 Å². The molecule has 1 N–H and O–H groups in total. The Balaban J connectivity index is 2.07. The van der Waals surface area contributed by atoms with Gasteiger partial charge in [0.25, 0.3) is 0 Å². The van der Waals surface area contributed by atoms with Crippen LogP contribution >= 0.6 is 0 Å². The second-order valence-corrected chi connectivity index (χ2v) is 6.15. The SMILES string of the molecule is C[C@H](C(=O)O)C(C1CCCCC1)C1CCCC1. The zero-order chi connectivity index (χ0) is 12.3. The minimum atomic E-state index is -0.576. The van der Waals surface area contributed by atoms with Crippen LogP contribution in [-0.4, -0.2) is 11.1 Å². The fourth-order valence-electron chi connectivity index (χ4n) is 4.23. The van der Waals surface area contributed by atoms with Crippen molar-refractivity contribution in [3.05, 3.63) is 0 Å². The summed E-state index contributed by atoms with van der Waals surface area (Å²) in [5.74, 6) is 1.13. The molecule has 0 amide bonds. The lowest BCUT2D eigenvalue weighted by atomic mass is 9.68. The van der Waals surface area contributed by atoms with Gasteiger partial charge in [-0.15, -0.1) is 0 Å². The van der Waals surface area contributed by atoms with Gasteiger partial charge in [0.1, 0.15) is 0 Å². The molecule has 0 radical (unpaired) electrons. The second kappa shape index (κ2) is 5.88. The average Bonchev–Trinajstić information content (AvgIpc) is 2.84. The van der Waals surface area contributed by atoms with Crippen molar-refractivity contribution >= 4 is 5.97 Å². The minimum absolute atomic E-state index is 0.138. The van der Waals surface area contributed by atoms with E-state index < -0.39 is 5.97 Å². The Labute approximate surface area is 105 Å². The number of rotatable bonds is 4. The summed E-state index contributed by atoms with van der Waals surface area (Å²) in [6.07, 6.45) is 11.7. The highest BCUT2D eigenvalue weighted by Crippen LogP contribution is 2.44. The Morgan fingerprint density at radius 1 is 0.941 bits per heavy atom. The maximum atomic E-state index is 11.3. The van der Waals surface area contributed by atoms with E-state index in [1.54, 1.807) is 0 Å². The Bertz CT molecular complexity index is 250. The van der Waals surface area contributed by atoms with Crippen LogP contribution in [0, 0.1) is 23.7 Å². The molecule has 2 saturated carbocycles. The monoisotopic (exact) mass is 238 g/mol. The van der Waals surface area contributed by atoms with Crippen molar-refractivity contribution in [1.29, 1.82) is 0 Å². The number of hydrogen-bond donors (Lipinski definition) is 1. The van der Waals surface area contributed by atoms with E-state index in [0.29, 0.717) is 17.8 Å². The molecular weight excluding hydrogens is 212 g/mol. The van der Waals surface area contributed by atoms with Gasteiger partial charge in [-0.1, -0.05) is 64.7 Å². The third-order valence-electron chi connectivity index (χ3n) is 5.11. The van der Waals surface area contributed by atoms with E-state index in [1.807, 2.05) is 6.92 Å². The molecule has 2 heteroatoms. The maximum absolute atomic E-state index is 11.3. The summed E-state index contributed by atoms with van der Waals surface area (Å²) in [6, 6.07) is 0. The van der Waals surface area contributed by atoms with Crippen LogP contribution in [0.15, 0.2) is 0 Å². The highest BCUT2D eigenvalue weighted by Gasteiger charge is 2.38. The molecule has 98 valence electrons. The number of carboxylic acids is 1. The standard InChI is InChI=1S/C15H26O2/c1-11(15(16)17)14(13-9-5-6-10-13)12-7-3-2-4-8-12/h11-14H,2-10H2,1H3,(H,16,17)/t11-,14?/m0/s1.